The van der Waals surface area contributed by atoms with Crippen LogP contribution in [0.5, 0.6) is 0 Å². The summed E-state index contributed by atoms with van der Waals surface area (Å²) in [7, 11) is 0. The lowest BCUT2D eigenvalue weighted by Crippen LogP contribution is -2.18. The number of hydrogen-bond acceptors (Lipinski definition) is 2. The van der Waals surface area contributed by atoms with Gasteiger partial charge in [-0.3, -0.25) is 4.90 Å². The van der Waals surface area contributed by atoms with Crippen molar-refractivity contribution >= 4 is 21.6 Å². The molecule has 1 aromatic rings. The van der Waals surface area contributed by atoms with E-state index in [0.717, 1.165) is 16.7 Å². The molecule has 0 unspecified atom stereocenters. The lowest BCUT2D eigenvalue weighted by molar-refractivity contribution is 0.331. The summed E-state index contributed by atoms with van der Waals surface area (Å²) in [6.45, 7) is 3.47. The standard InChI is InChI=1S/C11H15BrN2/c12-11-9(4-3-5-10(11)13)8-14-6-1-2-7-14/h3-5H,1-2,6-8,13H2. The van der Waals surface area contributed by atoms with Crippen molar-refractivity contribution in [2.24, 2.45) is 0 Å². The summed E-state index contributed by atoms with van der Waals surface area (Å²) in [6, 6.07) is 6.09. The Morgan fingerprint density at radius 2 is 2.00 bits per heavy atom. The van der Waals surface area contributed by atoms with E-state index < -0.39 is 0 Å². The molecule has 1 fully saturated rings. The maximum Gasteiger partial charge on any atom is 0.0461 e. The highest BCUT2D eigenvalue weighted by Crippen LogP contribution is 2.25. The van der Waals surface area contributed by atoms with Crippen molar-refractivity contribution < 1.29 is 0 Å². The number of likely N-dealkylation sites (tertiary alicyclic amines) is 1. The zero-order valence-corrected chi connectivity index (χ0v) is 9.76. The fraction of sp³-hybridized carbons (Fsp3) is 0.455. The molecule has 0 aromatic heterocycles. The van der Waals surface area contributed by atoms with Gasteiger partial charge in [-0.05, 0) is 53.5 Å². The molecule has 0 amide bonds. The summed E-state index contributed by atoms with van der Waals surface area (Å²) >= 11 is 3.54. The predicted octanol–water partition coefficient (Wildman–Crippen LogP) is 2.63. The Bertz CT molecular complexity index is 319. The van der Waals surface area contributed by atoms with Gasteiger partial charge in [0.25, 0.3) is 0 Å². The van der Waals surface area contributed by atoms with Gasteiger partial charge in [0.15, 0.2) is 0 Å². The molecular formula is C11H15BrN2. The average Bonchev–Trinajstić information content (AvgIpc) is 2.66. The van der Waals surface area contributed by atoms with Crippen molar-refractivity contribution in [1.29, 1.82) is 0 Å². The average molecular weight is 255 g/mol. The molecule has 1 saturated heterocycles. The summed E-state index contributed by atoms with van der Waals surface area (Å²) in [5.74, 6) is 0. The van der Waals surface area contributed by atoms with E-state index in [-0.39, 0.29) is 0 Å². The largest absolute Gasteiger partial charge is 0.398 e. The zero-order valence-electron chi connectivity index (χ0n) is 8.17. The van der Waals surface area contributed by atoms with Crippen molar-refractivity contribution in [2.45, 2.75) is 19.4 Å². The minimum Gasteiger partial charge on any atom is -0.398 e. The number of rotatable bonds is 2. The number of hydrogen-bond donors (Lipinski definition) is 1. The number of halogens is 1. The van der Waals surface area contributed by atoms with Gasteiger partial charge in [-0.25, -0.2) is 0 Å². The molecule has 0 bridgehead atoms. The minimum atomic E-state index is 0.835. The van der Waals surface area contributed by atoms with E-state index in [9.17, 15) is 0 Å². The minimum absolute atomic E-state index is 0.835. The summed E-state index contributed by atoms with van der Waals surface area (Å²) in [4.78, 5) is 2.47. The second kappa shape index (κ2) is 4.32. The Kier molecular flexibility index (Phi) is 3.08. The lowest BCUT2D eigenvalue weighted by atomic mass is 10.2. The van der Waals surface area contributed by atoms with Crippen molar-refractivity contribution in [3.63, 3.8) is 0 Å². The zero-order chi connectivity index (χ0) is 9.97. The Labute approximate surface area is 93.2 Å². The van der Waals surface area contributed by atoms with E-state index in [1.807, 2.05) is 12.1 Å². The van der Waals surface area contributed by atoms with E-state index in [1.54, 1.807) is 0 Å². The van der Waals surface area contributed by atoms with Crippen LogP contribution in [-0.4, -0.2) is 18.0 Å². The number of nitrogens with zero attached hydrogens (tertiary/aromatic N) is 1. The quantitative estimate of drug-likeness (QED) is 0.823. The van der Waals surface area contributed by atoms with Crippen LogP contribution >= 0.6 is 15.9 Å². The first-order chi connectivity index (χ1) is 6.77. The summed E-state index contributed by atoms with van der Waals surface area (Å²) in [5.41, 5.74) is 7.96. The molecule has 2 N–H and O–H groups in total. The highest BCUT2D eigenvalue weighted by atomic mass is 79.9. The summed E-state index contributed by atoms with van der Waals surface area (Å²) < 4.78 is 1.06. The first-order valence-electron chi connectivity index (χ1n) is 5.02. The maximum absolute atomic E-state index is 5.83. The molecule has 0 atom stereocenters. The molecule has 1 aromatic carbocycles. The van der Waals surface area contributed by atoms with Gasteiger partial charge >= 0.3 is 0 Å². The van der Waals surface area contributed by atoms with Crippen molar-refractivity contribution in [2.75, 3.05) is 18.8 Å². The highest BCUT2D eigenvalue weighted by Gasteiger charge is 2.13. The smallest absolute Gasteiger partial charge is 0.0461 e. The molecule has 3 heteroatoms. The van der Waals surface area contributed by atoms with Gasteiger partial charge in [0.1, 0.15) is 0 Å². The van der Waals surface area contributed by atoms with Crippen molar-refractivity contribution in [1.82, 2.24) is 4.90 Å². The first-order valence-corrected chi connectivity index (χ1v) is 5.82. The maximum atomic E-state index is 5.83. The van der Waals surface area contributed by atoms with Crippen LogP contribution in [0, 0.1) is 0 Å². The number of benzene rings is 1. The van der Waals surface area contributed by atoms with Crippen molar-refractivity contribution in [3.8, 4) is 0 Å². The van der Waals surface area contributed by atoms with Crippen LogP contribution in [0.15, 0.2) is 22.7 Å². The van der Waals surface area contributed by atoms with E-state index >= 15 is 0 Å². The number of nitrogens with two attached hydrogens (primary N) is 1. The van der Waals surface area contributed by atoms with Crippen LogP contribution in [0.3, 0.4) is 0 Å². The van der Waals surface area contributed by atoms with Gasteiger partial charge in [0.2, 0.25) is 0 Å². The van der Waals surface area contributed by atoms with E-state index in [2.05, 4.69) is 26.9 Å². The van der Waals surface area contributed by atoms with Crippen LogP contribution in [0.4, 0.5) is 5.69 Å². The molecule has 1 aliphatic heterocycles. The Morgan fingerprint density at radius 3 is 2.71 bits per heavy atom. The fourth-order valence-corrected chi connectivity index (χ4v) is 2.29. The number of anilines is 1. The molecule has 0 radical (unpaired) electrons. The van der Waals surface area contributed by atoms with Crippen molar-refractivity contribution in [3.05, 3.63) is 28.2 Å². The number of nitrogen functional groups attached to an aromatic ring is 1. The highest BCUT2D eigenvalue weighted by molar-refractivity contribution is 9.10. The molecule has 2 nitrogen and oxygen atoms in total. The summed E-state index contributed by atoms with van der Waals surface area (Å²) in [5, 5.41) is 0. The van der Waals surface area contributed by atoms with E-state index in [1.165, 1.54) is 31.5 Å². The molecule has 76 valence electrons. The molecular weight excluding hydrogens is 240 g/mol. The summed E-state index contributed by atoms with van der Waals surface area (Å²) in [6.07, 6.45) is 2.67. The lowest BCUT2D eigenvalue weighted by Gasteiger charge is -2.16. The van der Waals surface area contributed by atoms with E-state index in [0.29, 0.717) is 0 Å². The third kappa shape index (κ3) is 2.10. The van der Waals surface area contributed by atoms with Gasteiger partial charge in [0.05, 0.1) is 0 Å². The second-order valence-electron chi connectivity index (χ2n) is 3.80. The van der Waals surface area contributed by atoms with Gasteiger partial charge in [-0.1, -0.05) is 12.1 Å². The first kappa shape index (κ1) is 9.99. The molecule has 0 spiro atoms. The fourth-order valence-electron chi connectivity index (χ4n) is 1.90. The molecule has 0 aliphatic carbocycles. The van der Waals surface area contributed by atoms with Crippen LogP contribution in [-0.2, 0) is 6.54 Å². The Hall–Kier alpha value is -0.540. The van der Waals surface area contributed by atoms with Crippen LogP contribution in [0.25, 0.3) is 0 Å². The Balaban J connectivity index is 2.11. The normalized spacial score (nSPS) is 17.5. The topological polar surface area (TPSA) is 29.3 Å². The predicted molar refractivity (Wildman–Crippen MR) is 63.1 cm³/mol. The van der Waals surface area contributed by atoms with Gasteiger partial charge in [0, 0.05) is 16.7 Å². The van der Waals surface area contributed by atoms with Gasteiger partial charge < -0.3 is 5.73 Å². The van der Waals surface area contributed by atoms with E-state index in [4.69, 9.17) is 5.73 Å². The van der Waals surface area contributed by atoms with Crippen LogP contribution in [0.1, 0.15) is 18.4 Å². The SMILES string of the molecule is Nc1cccc(CN2CCCC2)c1Br. The Morgan fingerprint density at radius 1 is 1.29 bits per heavy atom. The van der Waals surface area contributed by atoms with Gasteiger partial charge in [-0.15, -0.1) is 0 Å². The second-order valence-corrected chi connectivity index (χ2v) is 4.60. The third-order valence-corrected chi connectivity index (χ3v) is 3.67. The van der Waals surface area contributed by atoms with Crippen LogP contribution in [0.2, 0.25) is 0 Å². The molecule has 1 aliphatic rings. The molecule has 0 saturated carbocycles. The van der Waals surface area contributed by atoms with Gasteiger partial charge in [-0.2, -0.15) is 0 Å². The van der Waals surface area contributed by atoms with Crippen LogP contribution < -0.4 is 5.73 Å². The molecule has 2 rings (SSSR count). The monoisotopic (exact) mass is 254 g/mol. The molecule has 14 heavy (non-hydrogen) atoms. The molecule has 1 heterocycles. The third-order valence-electron chi connectivity index (χ3n) is 2.70.